The summed E-state index contributed by atoms with van der Waals surface area (Å²) in [6.45, 7) is 8.35. The molecule has 0 bridgehead atoms. The van der Waals surface area contributed by atoms with Crippen molar-refractivity contribution in [2.24, 2.45) is 0 Å². The third-order valence-corrected chi connectivity index (χ3v) is 2.82. The number of benzene rings is 1. The van der Waals surface area contributed by atoms with Crippen molar-refractivity contribution in [1.82, 2.24) is 10.6 Å². The third-order valence-electron chi connectivity index (χ3n) is 2.82. The van der Waals surface area contributed by atoms with Crippen molar-refractivity contribution < 1.29 is 9.47 Å². The first-order valence-electron chi connectivity index (χ1n) is 6.91. The predicted octanol–water partition coefficient (Wildman–Crippen LogP) is 1.80. The molecule has 0 aliphatic rings. The molecule has 1 unspecified atom stereocenters. The van der Waals surface area contributed by atoms with Crippen LogP contribution >= 0.6 is 0 Å². The van der Waals surface area contributed by atoms with Crippen molar-refractivity contribution in [2.75, 3.05) is 33.4 Å². The molecular weight excluding hydrogens is 240 g/mol. The number of nitrogens with one attached hydrogen (secondary N) is 2. The maximum absolute atomic E-state index is 5.42. The van der Waals surface area contributed by atoms with Gasteiger partial charge in [0.25, 0.3) is 0 Å². The van der Waals surface area contributed by atoms with Crippen LogP contribution in [0.3, 0.4) is 0 Å². The van der Waals surface area contributed by atoms with Crippen molar-refractivity contribution in [3.63, 3.8) is 0 Å². The van der Waals surface area contributed by atoms with Gasteiger partial charge in [0.15, 0.2) is 0 Å². The van der Waals surface area contributed by atoms with E-state index in [1.807, 2.05) is 19.1 Å². The first kappa shape index (κ1) is 16.0. The standard InChI is InChI=1S/C15H26N2O2/c1-4-19-15-7-5-14(6-8-15)12-17-13(2)11-16-9-10-18-3/h5-8,13,16-17H,4,9-12H2,1-3H3. The van der Waals surface area contributed by atoms with E-state index >= 15 is 0 Å². The van der Waals surface area contributed by atoms with E-state index in [1.165, 1.54) is 5.56 Å². The molecule has 0 aromatic heterocycles. The van der Waals surface area contributed by atoms with E-state index in [9.17, 15) is 0 Å². The second-order valence-electron chi connectivity index (χ2n) is 4.56. The van der Waals surface area contributed by atoms with Crippen LogP contribution in [0.2, 0.25) is 0 Å². The van der Waals surface area contributed by atoms with Crippen molar-refractivity contribution in [3.8, 4) is 5.75 Å². The minimum Gasteiger partial charge on any atom is -0.494 e. The Hall–Kier alpha value is -1.10. The normalized spacial score (nSPS) is 12.4. The maximum atomic E-state index is 5.42. The van der Waals surface area contributed by atoms with Crippen molar-refractivity contribution in [2.45, 2.75) is 26.4 Å². The number of ether oxygens (including phenoxy) is 2. The summed E-state index contributed by atoms with van der Waals surface area (Å²) in [5.74, 6) is 0.931. The molecule has 0 aliphatic heterocycles. The topological polar surface area (TPSA) is 42.5 Å². The van der Waals surface area contributed by atoms with Gasteiger partial charge in [-0.1, -0.05) is 12.1 Å². The molecule has 1 aromatic rings. The molecule has 2 N–H and O–H groups in total. The van der Waals surface area contributed by atoms with Gasteiger partial charge >= 0.3 is 0 Å². The molecular formula is C15H26N2O2. The van der Waals surface area contributed by atoms with Gasteiger partial charge in [-0.15, -0.1) is 0 Å². The molecule has 0 heterocycles. The quantitative estimate of drug-likeness (QED) is 0.634. The van der Waals surface area contributed by atoms with Crippen LogP contribution in [0.5, 0.6) is 5.75 Å². The molecule has 0 fully saturated rings. The van der Waals surface area contributed by atoms with Gasteiger partial charge in [-0.25, -0.2) is 0 Å². The molecule has 1 rings (SSSR count). The first-order chi connectivity index (χ1) is 9.26. The fourth-order valence-corrected chi connectivity index (χ4v) is 1.73. The summed E-state index contributed by atoms with van der Waals surface area (Å²) in [5.41, 5.74) is 1.27. The fourth-order valence-electron chi connectivity index (χ4n) is 1.73. The second-order valence-corrected chi connectivity index (χ2v) is 4.56. The van der Waals surface area contributed by atoms with E-state index in [-0.39, 0.29) is 0 Å². The minimum absolute atomic E-state index is 0.434. The van der Waals surface area contributed by atoms with Gasteiger partial charge in [-0.3, -0.25) is 0 Å². The van der Waals surface area contributed by atoms with E-state index in [2.05, 4.69) is 29.7 Å². The summed E-state index contributed by atoms with van der Waals surface area (Å²) >= 11 is 0. The minimum atomic E-state index is 0.434. The molecule has 0 spiro atoms. The summed E-state index contributed by atoms with van der Waals surface area (Å²) in [4.78, 5) is 0. The third kappa shape index (κ3) is 7.15. The van der Waals surface area contributed by atoms with E-state index in [4.69, 9.17) is 9.47 Å². The first-order valence-corrected chi connectivity index (χ1v) is 6.91. The van der Waals surface area contributed by atoms with E-state index < -0.39 is 0 Å². The van der Waals surface area contributed by atoms with Crippen LogP contribution in [0.1, 0.15) is 19.4 Å². The maximum Gasteiger partial charge on any atom is 0.119 e. The van der Waals surface area contributed by atoms with Crippen LogP contribution in [0.4, 0.5) is 0 Å². The van der Waals surface area contributed by atoms with Crippen LogP contribution in [-0.4, -0.2) is 39.5 Å². The summed E-state index contributed by atoms with van der Waals surface area (Å²) in [6, 6.07) is 8.67. The molecule has 0 amide bonds. The zero-order chi connectivity index (χ0) is 13.9. The van der Waals surface area contributed by atoms with Gasteiger partial charge in [0, 0.05) is 32.8 Å². The van der Waals surface area contributed by atoms with Crippen LogP contribution in [-0.2, 0) is 11.3 Å². The molecule has 1 atom stereocenters. The molecule has 0 saturated carbocycles. The monoisotopic (exact) mass is 266 g/mol. The zero-order valence-electron chi connectivity index (χ0n) is 12.2. The summed E-state index contributed by atoms with van der Waals surface area (Å²) in [5, 5.41) is 6.82. The number of hydrogen-bond donors (Lipinski definition) is 2. The Labute approximate surface area is 116 Å². The van der Waals surface area contributed by atoms with Crippen LogP contribution in [0, 0.1) is 0 Å². The molecule has 108 valence electrons. The summed E-state index contributed by atoms with van der Waals surface area (Å²) in [7, 11) is 1.72. The molecule has 19 heavy (non-hydrogen) atoms. The molecule has 1 aromatic carbocycles. The Morgan fingerprint density at radius 3 is 2.58 bits per heavy atom. The number of hydrogen-bond acceptors (Lipinski definition) is 4. The van der Waals surface area contributed by atoms with Crippen LogP contribution in [0.25, 0.3) is 0 Å². The predicted molar refractivity (Wildman–Crippen MR) is 78.7 cm³/mol. The van der Waals surface area contributed by atoms with Gasteiger partial charge < -0.3 is 20.1 Å². The Morgan fingerprint density at radius 1 is 1.21 bits per heavy atom. The average Bonchev–Trinajstić information content (AvgIpc) is 2.43. The highest BCUT2D eigenvalue weighted by Gasteiger charge is 2.01. The van der Waals surface area contributed by atoms with Crippen molar-refractivity contribution in [1.29, 1.82) is 0 Å². The zero-order valence-corrected chi connectivity index (χ0v) is 12.2. The van der Waals surface area contributed by atoms with Crippen molar-refractivity contribution >= 4 is 0 Å². The Balaban J connectivity index is 2.20. The van der Waals surface area contributed by atoms with Crippen molar-refractivity contribution in [3.05, 3.63) is 29.8 Å². The van der Waals surface area contributed by atoms with Crippen LogP contribution < -0.4 is 15.4 Å². The van der Waals surface area contributed by atoms with E-state index in [0.717, 1.165) is 32.0 Å². The largest absolute Gasteiger partial charge is 0.494 e. The Morgan fingerprint density at radius 2 is 1.95 bits per heavy atom. The van der Waals surface area contributed by atoms with Gasteiger partial charge in [0.05, 0.1) is 13.2 Å². The van der Waals surface area contributed by atoms with Crippen LogP contribution in [0.15, 0.2) is 24.3 Å². The molecule has 0 saturated heterocycles. The van der Waals surface area contributed by atoms with Gasteiger partial charge in [-0.2, -0.15) is 0 Å². The lowest BCUT2D eigenvalue weighted by Gasteiger charge is -2.15. The van der Waals surface area contributed by atoms with Gasteiger partial charge in [0.1, 0.15) is 5.75 Å². The lowest BCUT2D eigenvalue weighted by Crippen LogP contribution is -2.37. The molecule has 0 aliphatic carbocycles. The fraction of sp³-hybridized carbons (Fsp3) is 0.600. The smallest absolute Gasteiger partial charge is 0.119 e. The molecule has 4 nitrogen and oxygen atoms in total. The van der Waals surface area contributed by atoms with E-state index in [0.29, 0.717) is 12.6 Å². The average molecular weight is 266 g/mol. The highest BCUT2D eigenvalue weighted by Crippen LogP contribution is 2.11. The second kappa shape index (κ2) is 9.78. The van der Waals surface area contributed by atoms with Gasteiger partial charge in [-0.05, 0) is 31.5 Å². The Kier molecular flexibility index (Phi) is 8.21. The number of rotatable bonds is 10. The molecule has 4 heteroatoms. The highest BCUT2D eigenvalue weighted by molar-refractivity contribution is 5.27. The lowest BCUT2D eigenvalue weighted by atomic mass is 10.2. The SMILES string of the molecule is CCOc1ccc(CNC(C)CNCCOC)cc1. The van der Waals surface area contributed by atoms with E-state index in [1.54, 1.807) is 7.11 Å². The molecule has 0 radical (unpaired) electrons. The Bertz CT molecular complexity index is 327. The lowest BCUT2D eigenvalue weighted by molar-refractivity contribution is 0.198. The number of methoxy groups -OCH3 is 1. The highest BCUT2D eigenvalue weighted by atomic mass is 16.5. The summed E-state index contributed by atoms with van der Waals surface area (Å²) < 4.78 is 10.4. The van der Waals surface area contributed by atoms with Gasteiger partial charge in [0.2, 0.25) is 0 Å². The summed E-state index contributed by atoms with van der Waals surface area (Å²) in [6.07, 6.45) is 0.